The van der Waals surface area contributed by atoms with Crippen molar-refractivity contribution in [3.8, 4) is 0 Å². The molecule has 0 unspecified atom stereocenters. The number of aryl methyl sites for hydroxylation is 1. The number of aromatic nitrogens is 2. The Morgan fingerprint density at radius 1 is 1.31 bits per heavy atom. The van der Waals surface area contributed by atoms with Gasteiger partial charge in [-0.05, 0) is 19.9 Å². The van der Waals surface area contributed by atoms with E-state index in [2.05, 4.69) is 5.10 Å². The molecule has 0 aliphatic rings. The summed E-state index contributed by atoms with van der Waals surface area (Å²) < 4.78 is 38.8. The quantitative estimate of drug-likeness (QED) is 0.667. The van der Waals surface area contributed by atoms with Crippen LogP contribution < -0.4 is 0 Å². The van der Waals surface area contributed by atoms with Crippen LogP contribution in [0.2, 0.25) is 0 Å². The smallest absolute Gasteiger partial charge is 0.276 e. The topological polar surface area (TPSA) is 17.8 Å². The minimum atomic E-state index is -4.26. The molecule has 0 atom stereocenters. The highest BCUT2D eigenvalue weighted by molar-refractivity contribution is 5.15. The normalized spacial score (nSPS) is 13.4. The van der Waals surface area contributed by atoms with Crippen LogP contribution in [-0.2, 0) is 12.5 Å². The van der Waals surface area contributed by atoms with Crippen LogP contribution in [0.4, 0.5) is 13.2 Å². The largest absolute Gasteiger partial charge is 0.399 e. The molecule has 1 heterocycles. The molecule has 1 rings (SSSR count). The standard InChI is InChI=1S/C8H11F3N2/c1-7(2,8(9,10)11)6-4-5-13(3)12-6/h4-5H,1-3H3. The van der Waals surface area contributed by atoms with Crippen molar-refractivity contribution in [2.45, 2.75) is 25.4 Å². The lowest BCUT2D eigenvalue weighted by Crippen LogP contribution is -2.36. The zero-order valence-corrected chi connectivity index (χ0v) is 7.68. The van der Waals surface area contributed by atoms with Crippen molar-refractivity contribution in [2.24, 2.45) is 7.05 Å². The van der Waals surface area contributed by atoms with Crippen LogP contribution in [0.25, 0.3) is 0 Å². The molecule has 0 saturated heterocycles. The Bertz CT molecular complexity index is 299. The molecular weight excluding hydrogens is 181 g/mol. The Morgan fingerprint density at radius 2 is 1.85 bits per heavy atom. The Balaban J connectivity index is 3.07. The van der Waals surface area contributed by atoms with E-state index in [9.17, 15) is 13.2 Å². The summed E-state index contributed by atoms with van der Waals surface area (Å²) in [5.74, 6) is 0. The molecule has 1 aromatic rings. The van der Waals surface area contributed by atoms with Crippen molar-refractivity contribution in [1.29, 1.82) is 0 Å². The van der Waals surface area contributed by atoms with E-state index in [0.717, 1.165) is 13.8 Å². The van der Waals surface area contributed by atoms with Crippen molar-refractivity contribution in [3.05, 3.63) is 18.0 Å². The molecule has 0 bridgehead atoms. The molecule has 13 heavy (non-hydrogen) atoms. The summed E-state index contributed by atoms with van der Waals surface area (Å²) in [7, 11) is 1.59. The minimum Gasteiger partial charge on any atom is -0.276 e. The Labute approximate surface area is 74.4 Å². The average molecular weight is 192 g/mol. The summed E-state index contributed by atoms with van der Waals surface area (Å²) in [4.78, 5) is 0. The first-order chi connectivity index (χ1) is 5.75. The summed E-state index contributed by atoms with van der Waals surface area (Å²) >= 11 is 0. The monoisotopic (exact) mass is 192 g/mol. The molecule has 5 heteroatoms. The molecule has 74 valence electrons. The zero-order valence-electron chi connectivity index (χ0n) is 7.68. The van der Waals surface area contributed by atoms with Crippen LogP contribution in [0.3, 0.4) is 0 Å². The van der Waals surface area contributed by atoms with Crippen LogP contribution in [-0.4, -0.2) is 16.0 Å². The Hall–Kier alpha value is -1.00. The van der Waals surface area contributed by atoms with Crippen molar-refractivity contribution >= 4 is 0 Å². The number of hydrogen-bond donors (Lipinski definition) is 0. The molecule has 0 fully saturated rings. The highest BCUT2D eigenvalue weighted by Gasteiger charge is 2.49. The first-order valence-corrected chi connectivity index (χ1v) is 3.82. The van der Waals surface area contributed by atoms with E-state index in [0.29, 0.717) is 0 Å². The second-order valence-electron chi connectivity index (χ2n) is 3.50. The summed E-state index contributed by atoms with van der Waals surface area (Å²) in [6.45, 7) is 2.24. The molecule has 0 saturated carbocycles. The van der Waals surface area contributed by atoms with Gasteiger partial charge >= 0.3 is 6.18 Å². The van der Waals surface area contributed by atoms with E-state index in [1.807, 2.05) is 0 Å². The van der Waals surface area contributed by atoms with Crippen LogP contribution >= 0.6 is 0 Å². The van der Waals surface area contributed by atoms with Crippen molar-refractivity contribution in [2.75, 3.05) is 0 Å². The maximum atomic E-state index is 12.5. The summed E-state index contributed by atoms with van der Waals surface area (Å²) in [5.41, 5.74) is -1.84. The molecular formula is C8H11F3N2. The minimum absolute atomic E-state index is 0.0440. The second kappa shape index (κ2) is 2.75. The van der Waals surface area contributed by atoms with E-state index >= 15 is 0 Å². The molecule has 0 aromatic carbocycles. The van der Waals surface area contributed by atoms with Crippen molar-refractivity contribution in [3.63, 3.8) is 0 Å². The van der Waals surface area contributed by atoms with Gasteiger partial charge in [0.25, 0.3) is 0 Å². The van der Waals surface area contributed by atoms with Gasteiger partial charge in [-0.25, -0.2) is 0 Å². The first kappa shape index (κ1) is 10.1. The number of nitrogens with zero attached hydrogens (tertiary/aromatic N) is 2. The molecule has 0 N–H and O–H groups in total. The third-order valence-corrected chi connectivity index (χ3v) is 2.06. The van der Waals surface area contributed by atoms with E-state index in [-0.39, 0.29) is 5.69 Å². The van der Waals surface area contributed by atoms with Gasteiger partial charge in [0, 0.05) is 13.2 Å². The van der Waals surface area contributed by atoms with Gasteiger partial charge in [-0.3, -0.25) is 4.68 Å². The van der Waals surface area contributed by atoms with Gasteiger partial charge in [-0.1, -0.05) is 0 Å². The lowest BCUT2D eigenvalue weighted by Gasteiger charge is -2.25. The van der Waals surface area contributed by atoms with E-state index in [4.69, 9.17) is 0 Å². The van der Waals surface area contributed by atoms with Crippen LogP contribution in [0, 0.1) is 0 Å². The van der Waals surface area contributed by atoms with E-state index < -0.39 is 11.6 Å². The average Bonchev–Trinajstić information content (AvgIpc) is 2.33. The number of halogens is 3. The first-order valence-electron chi connectivity index (χ1n) is 3.82. The molecule has 0 radical (unpaired) electrons. The second-order valence-corrected chi connectivity index (χ2v) is 3.50. The zero-order chi connectivity index (χ0) is 10.3. The molecule has 0 aliphatic carbocycles. The molecule has 0 aliphatic heterocycles. The molecule has 0 amide bonds. The van der Waals surface area contributed by atoms with Crippen LogP contribution in [0.5, 0.6) is 0 Å². The number of hydrogen-bond acceptors (Lipinski definition) is 1. The van der Waals surface area contributed by atoms with E-state index in [1.165, 1.54) is 16.9 Å². The van der Waals surface area contributed by atoms with Gasteiger partial charge < -0.3 is 0 Å². The van der Waals surface area contributed by atoms with Gasteiger partial charge in [0.2, 0.25) is 0 Å². The highest BCUT2D eigenvalue weighted by atomic mass is 19.4. The van der Waals surface area contributed by atoms with Gasteiger partial charge in [-0.2, -0.15) is 18.3 Å². The molecule has 1 aromatic heterocycles. The third-order valence-electron chi connectivity index (χ3n) is 2.06. The molecule has 2 nitrogen and oxygen atoms in total. The predicted octanol–water partition coefficient (Wildman–Crippen LogP) is 2.26. The SMILES string of the molecule is Cn1ccc(C(C)(C)C(F)(F)F)n1. The van der Waals surface area contributed by atoms with Crippen molar-refractivity contribution < 1.29 is 13.2 Å². The summed E-state index contributed by atoms with van der Waals surface area (Å²) in [6, 6.07) is 1.38. The predicted molar refractivity (Wildman–Crippen MR) is 42.3 cm³/mol. The van der Waals surface area contributed by atoms with Crippen molar-refractivity contribution in [1.82, 2.24) is 9.78 Å². The number of rotatable bonds is 1. The van der Waals surface area contributed by atoms with Gasteiger partial charge in [-0.15, -0.1) is 0 Å². The summed E-state index contributed by atoms with van der Waals surface area (Å²) in [5, 5.41) is 3.75. The fourth-order valence-corrected chi connectivity index (χ4v) is 0.894. The highest BCUT2D eigenvalue weighted by Crippen LogP contribution is 2.39. The maximum absolute atomic E-state index is 12.5. The fraction of sp³-hybridized carbons (Fsp3) is 0.625. The number of alkyl halides is 3. The molecule has 0 spiro atoms. The maximum Gasteiger partial charge on any atom is 0.399 e. The van der Waals surface area contributed by atoms with E-state index in [1.54, 1.807) is 7.05 Å². The third kappa shape index (κ3) is 1.68. The Morgan fingerprint density at radius 3 is 2.15 bits per heavy atom. The lowest BCUT2D eigenvalue weighted by molar-refractivity contribution is -0.181. The van der Waals surface area contributed by atoms with Crippen LogP contribution in [0.1, 0.15) is 19.5 Å². The van der Waals surface area contributed by atoms with Gasteiger partial charge in [0.05, 0.1) is 5.69 Å². The van der Waals surface area contributed by atoms with Crippen LogP contribution in [0.15, 0.2) is 12.3 Å². The lowest BCUT2D eigenvalue weighted by atomic mass is 9.89. The van der Waals surface area contributed by atoms with Gasteiger partial charge in [0.15, 0.2) is 0 Å². The van der Waals surface area contributed by atoms with Gasteiger partial charge in [0.1, 0.15) is 5.41 Å². The Kier molecular flexibility index (Phi) is 2.13. The summed E-state index contributed by atoms with van der Waals surface area (Å²) in [6.07, 6.45) is -2.76. The fourth-order valence-electron chi connectivity index (χ4n) is 0.894.